The van der Waals surface area contributed by atoms with Crippen LogP contribution in [-0.4, -0.2) is 43.6 Å². The zero-order valence-electron chi connectivity index (χ0n) is 19.0. The molecule has 0 saturated carbocycles. The van der Waals surface area contributed by atoms with Gasteiger partial charge in [0.05, 0.1) is 33.8 Å². The lowest BCUT2D eigenvalue weighted by atomic mass is 9.83. The lowest BCUT2D eigenvalue weighted by molar-refractivity contribution is -0.164. The van der Waals surface area contributed by atoms with E-state index in [1.165, 1.54) is 33.5 Å². The van der Waals surface area contributed by atoms with Crippen LogP contribution in [0.1, 0.15) is 43.9 Å². The van der Waals surface area contributed by atoms with Gasteiger partial charge < -0.3 is 24.4 Å². The Hall–Kier alpha value is -3.29. The summed E-state index contributed by atoms with van der Waals surface area (Å²) < 4.78 is 29.4. The number of nitrogens with one attached hydrogen (secondary N) is 1. The van der Waals surface area contributed by atoms with E-state index >= 15 is 0 Å². The normalized spacial score (nSPS) is 17.2. The molecule has 1 heterocycles. The van der Waals surface area contributed by atoms with E-state index in [1.807, 2.05) is 6.92 Å². The quantitative estimate of drug-likeness (QED) is 0.598. The summed E-state index contributed by atoms with van der Waals surface area (Å²) in [5, 5.41) is 2.94. The molecule has 0 spiro atoms. The minimum absolute atomic E-state index is 0.105. The molecule has 2 aromatic carbocycles. The van der Waals surface area contributed by atoms with Crippen LogP contribution in [0.3, 0.4) is 0 Å². The van der Waals surface area contributed by atoms with E-state index in [0.717, 1.165) is 11.1 Å². The molecule has 172 valence electrons. The van der Waals surface area contributed by atoms with Crippen molar-refractivity contribution in [1.29, 1.82) is 0 Å². The van der Waals surface area contributed by atoms with E-state index in [-0.39, 0.29) is 30.2 Å². The van der Waals surface area contributed by atoms with E-state index in [2.05, 4.69) is 5.32 Å². The molecule has 0 radical (unpaired) electrons. The summed E-state index contributed by atoms with van der Waals surface area (Å²) in [7, 11) is 4.58. The molecular weight excluding hydrogens is 415 g/mol. The maximum atomic E-state index is 13.3. The highest BCUT2D eigenvalue weighted by molar-refractivity contribution is 5.94. The molecule has 1 aliphatic rings. The Labute approximate surface area is 187 Å². The molecule has 0 bridgehead atoms. The van der Waals surface area contributed by atoms with Gasteiger partial charge in [0.25, 0.3) is 0 Å². The van der Waals surface area contributed by atoms with Crippen LogP contribution in [0, 0.1) is 5.82 Å². The lowest BCUT2D eigenvalue weighted by Gasteiger charge is -2.51. The maximum absolute atomic E-state index is 13.3. The van der Waals surface area contributed by atoms with Crippen molar-refractivity contribution in [2.75, 3.05) is 21.3 Å². The fraction of sp³-hybridized carbons (Fsp3) is 0.417. The topological polar surface area (TPSA) is 77.1 Å². The van der Waals surface area contributed by atoms with E-state index in [1.54, 1.807) is 36.1 Å². The molecule has 2 aromatic rings. The number of carbonyl (C=O) groups excluding carboxylic acids is 2. The fourth-order valence-electron chi connectivity index (χ4n) is 4.04. The number of ether oxygens (including phenoxy) is 3. The number of rotatable bonds is 9. The largest absolute Gasteiger partial charge is 0.493 e. The zero-order valence-corrected chi connectivity index (χ0v) is 19.0. The number of nitrogens with zero attached hydrogens (tertiary/aromatic N) is 1. The fourth-order valence-corrected chi connectivity index (χ4v) is 4.04. The Bertz CT molecular complexity index is 969. The van der Waals surface area contributed by atoms with Crippen molar-refractivity contribution in [1.82, 2.24) is 10.2 Å². The number of hydrogen-bond donors (Lipinski definition) is 1. The number of methoxy groups -OCH3 is 3. The second-order valence-corrected chi connectivity index (χ2v) is 7.88. The van der Waals surface area contributed by atoms with E-state index in [4.69, 9.17) is 14.2 Å². The summed E-state index contributed by atoms with van der Waals surface area (Å²) >= 11 is 0. The third kappa shape index (κ3) is 4.22. The minimum atomic E-state index is -1.05. The van der Waals surface area contributed by atoms with E-state index in [9.17, 15) is 14.0 Å². The average Bonchev–Trinajstić information content (AvgIpc) is 2.80. The predicted molar refractivity (Wildman–Crippen MR) is 117 cm³/mol. The molecule has 7 nitrogen and oxygen atoms in total. The molecule has 1 fully saturated rings. The molecular formula is C24H29FN2O5. The van der Waals surface area contributed by atoms with Gasteiger partial charge in [-0.15, -0.1) is 0 Å². The van der Waals surface area contributed by atoms with Crippen molar-refractivity contribution in [3.63, 3.8) is 0 Å². The predicted octanol–water partition coefficient (Wildman–Crippen LogP) is 3.61. The summed E-state index contributed by atoms with van der Waals surface area (Å²) in [5.74, 6) is 0.733. The first-order chi connectivity index (χ1) is 15.3. The smallest absolute Gasteiger partial charge is 0.245 e. The standard InChI is InChI=1S/C24H29FN2O5/c1-6-24(2,27-18(13-21(27)28)16-7-9-17(25)10-8-16)23(29)26-14-15-11-19(30-3)22(32-5)20(12-15)31-4/h7-12,18H,6,13-14H2,1-5H3,(H,26,29). The van der Waals surface area contributed by atoms with Gasteiger partial charge in [-0.05, 0) is 48.7 Å². The first kappa shape index (κ1) is 23.4. The minimum Gasteiger partial charge on any atom is -0.493 e. The van der Waals surface area contributed by atoms with Gasteiger partial charge in [-0.2, -0.15) is 0 Å². The van der Waals surface area contributed by atoms with Crippen LogP contribution in [0.25, 0.3) is 0 Å². The Balaban J connectivity index is 1.79. The number of benzene rings is 2. The molecule has 3 rings (SSSR count). The SMILES string of the molecule is CCC(C)(C(=O)NCc1cc(OC)c(OC)c(OC)c1)N1C(=O)CC1c1ccc(F)cc1. The maximum Gasteiger partial charge on any atom is 0.245 e. The highest BCUT2D eigenvalue weighted by Gasteiger charge is 2.50. The van der Waals surface area contributed by atoms with Crippen molar-refractivity contribution in [3.8, 4) is 17.2 Å². The second-order valence-electron chi connectivity index (χ2n) is 7.88. The Morgan fingerprint density at radius 3 is 2.19 bits per heavy atom. The van der Waals surface area contributed by atoms with Crippen molar-refractivity contribution in [2.24, 2.45) is 0 Å². The van der Waals surface area contributed by atoms with Gasteiger partial charge in [0.2, 0.25) is 17.6 Å². The molecule has 32 heavy (non-hydrogen) atoms. The number of halogens is 1. The van der Waals surface area contributed by atoms with Gasteiger partial charge >= 0.3 is 0 Å². The van der Waals surface area contributed by atoms with Crippen molar-refractivity contribution in [3.05, 3.63) is 53.3 Å². The third-order valence-electron chi connectivity index (χ3n) is 6.09. The first-order valence-corrected chi connectivity index (χ1v) is 10.4. The molecule has 8 heteroatoms. The van der Waals surface area contributed by atoms with Gasteiger partial charge in [-0.25, -0.2) is 4.39 Å². The second kappa shape index (κ2) is 9.46. The lowest BCUT2D eigenvalue weighted by Crippen LogP contribution is -2.64. The van der Waals surface area contributed by atoms with Crippen molar-refractivity contribution < 1.29 is 28.2 Å². The highest BCUT2D eigenvalue weighted by Crippen LogP contribution is 2.42. The Kier molecular flexibility index (Phi) is 6.91. The Morgan fingerprint density at radius 2 is 1.72 bits per heavy atom. The molecule has 1 N–H and O–H groups in total. The van der Waals surface area contributed by atoms with Gasteiger partial charge in [0.15, 0.2) is 11.5 Å². The van der Waals surface area contributed by atoms with Crippen LogP contribution < -0.4 is 19.5 Å². The summed E-state index contributed by atoms with van der Waals surface area (Å²) in [6.45, 7) is 3.84. The van der Waals surface area contributed by atoms with Crippen molar-refractivity contribution in [2.45, 2.75) is 44.8 Å². The molecule has 0 aromatic heterocycles. The average molecular weight is 445 g/mol. The van der Waals surface area contributed by atoms with Crippen LogP contribution >= 0.6 is 0 Å². The van der Waals surface area contributed by atoms with Gasteiger partial charge in [0.1, 0.15) is 11.4 Å². The number of amides is 2. The summed E-state index contributed by atoms with van der Waals surface area (Å²) in [6, 6.07) is 9.31. The van der Waals surface area contributed by atoms with E-state index < -0.39 is 5.54 Å². The number of carbonyl (C=O) groups is 2. The van der Waals surface area contributed by atoms with Crippen LogP contribution in [0.15, 0.2) is 36.4 Å². The third-order valence-corrected chi connectivity index (χ3v) is 6.09. The number of likely N-dealkylation sites (tertiary alicyclic amines) is 1. The molecule has 0 aliphatic carbocycles. The van der Waals surface area contributed by atoms with Crippen molar-refractivity contribution >= 4 is 11.8 Å². The Morgan fingerprint density at radius 1 is 1.12 bits per heavy atom. The summed E-state index contributed by atoms with van der Waals surface area (Å²) in [6.07, 6.45) is 0.721. The van der Waals surface area contributed by atoms with Crippen LogP contribution in [0.5, 0.6) is 17.2 Å². The van der Waals surface area contributed by atoms with Gasteiger partial charge in [0, 0.05) is 6.54 Å². The first-order valence-electron chi connectivity index (χ1n) is 10.4. The van der Waals surface area contributed by atoms with E-state index in [0.29, 0.717) is 30.1 Å². The molecule has 1 aliphatic heterocycles. The van der Waals surface area contributed by atoms with Gasteiger partial charge in [-0.3, -0.25) is 9.59 Å². The monoisotopic (exact) mass is 444 g/mol. The van der Waals surface area contributed by atoms with Crippen LogP contribution in [0.2, 0.25) is 0 Å². The molecule has 2 unspecified atom stereocenters. The number of β-lactam (4-membered cyclic amide) rings is 1. The van der Waals surface area contributed by atoms with Crippen LogP contribution in [-0.2, 0) is 16.1 Å². The summed E-state index contributed by atoms with van der Waals surface area (Å²) in [4.78, 5) is 27.4. The molecule has 1 saturated heterocycles. The zero-order chi connectivity index (χ0) is 23.5. The van der Waals surface area contributed by atoms with Crippen LogP contribution in [0.4, 0.5) is 4.39 Å². The highest BCUT2D eigenvalue weighted by atomic mass is 19.1. The molecule has 2 atom stereocenters. The summed E-state index contributed by atoms with van der Waals surface area (Å²) in [5.41, 5.74) is 0.522. The number of hydrogen-bond acceptors (Lipinski definition) is 5. The molecule has 2 amide bonds. The van der Waals surface area contributed by atoms with Gasteiger partial charge in [-0.1, -0.05) is 19.1 Å².